The molecule has 4 rings (SSSR count). The van der Waals surface area contributed by atoms with Crippen LogP contribution in [-0.4, -0.2) is 15.2 Å². The van der Waals surface area contributed by atoms with Gasteiger partial charge in [-0.2, -0.15) is 0 Å². The summed E-state index contributed by atoms with van der Waals surface area (Å²) in [6, 6.07) is 16.6. The van der Waals surface area contributed by atoms with Crippen molar-refractivity contribution in [2.75, 3.05) is 5.32 Å². The largest absolute Gasteiger partial charge is 0.356 e. The van der Waals surface area contributed by atoms with Crippen molar-refractivity contribution in [3.63, 3.8) is 0 Å². The molecule has 0 aliphatic rings. The summed E-state index contributed by atoms with van der Waals surface area (Å²) in [6.07, 6.45) is 0. The molecule has 0 bridgehead atoms. The van der Waals surface area contributed by atoms with Crippen LogP contribution < -0.4 is 5.32 Å². The Kier molecular flexibility index (Phi) is 5.76. The molecule has 8 heteroatoms. The zero-order valence-corrected chi connectivity index (χ0v) is 16.6. The topological polar surface area (TPSA) is 50.7 Å². The number of nitrogens with zero attached hydrogens (tertiary/aromatic N) is 3. The second-order valence-corrected chi connectivity index (χ2v) is 8.71. The zero-order valence-electron chi connectivity index (χ0n) is 14.1. The molecule has 0 atom stereocenters. The molecule has 2 heterocycles. The van der Waals surface area contributed by atoms with Gasteiger partial charge in [0.15, 0.2) is 4.34 Å². The zero-order chi connectivity index (χ0) is 18.5. The van der Waals surface area contributed by atoms with E-state index in [-0.39, 0.29) is 5.82 Å². The Bertz CT molecular complexity index is 999. The van der Waals surface area contributed by atoms with Crippen LogP contribution in [0.15, 0.2) is 64.3 Å². The molecule has 2 aromatic carbocycles. The molecule has 0 unspecified atom stereocenters. The first kappa shape index (κ1) is 18.1. The smallest absolute Gasteiger partial charge is 0.206 e. The summed E-state index contributed by atoms with van der Waals surface area (Å²) in [5.74, 6) is 0.529. The highest BCUT2D eigenvalue weighted by Crippen LogP contribution is 2.30. The van der Waals surface area contributed by atoms with Crippen LogP contribution in [0.3, 0.4) is 0 Å². The molecule has 4 nitrogen and oxygen atoms in total. The Morgan fingerprint density at radius 1 is 1.00 bits per heavy atom. The molecule has 1 N–H and O–H groups in total. The van der Waals surface area contributed by atoms with E-state index in [0.29, 0.717) is 6.54 Å². The van der Waals surface area contributed by atoms with Crippen LogP contribution >= 0.6 is 34.4 Å². The average Bonchev–Trinajstić information content (AvgIpc) is 3.36. The van der Waals surface area contributed by atoms with Gasteiger partial charge in [-0.25, -0.2) is 9.37 Å². The lowest BCUT2D eigenvalue weighted by molar-refractivity contribution is 0.627. The van der Waals surface area contributed by atoms with Crippen molar-refractivity contribution < 1.29 is 4.39 Å². The van der Waals surface area contributed by atoms with Crippen LogP contribution in [-0.2, 0) is 12.3 Å². The van der Waals surface area contributed by atoms with E-state index >= 15 is 0 Å². The molecule has 4 aromatic rings. The minimum Gasteiger partial charge on any atom is -0.356 e. The quantitative estimate of drug-likeness (QED) is 0.393. The number of hydrogen-bond acceptors (Lipinski definition) is 7. The van der Waals surface area contributed by atoms with E-state index < -0.39 is 0 Å². The molecule has 27 heavy (non-hydrogen) atoms. The first-order valence-electron chi connectivity index (χ1n) is 8.21. The molecule has 0 spiro atoms. The lowest BCUT2D eigenvalue weighted by Gasteiger charge is -2.01. The van der Waals surface area contributed by atoms with Crippen molar-refractivity contribution in [3.8, 4) is 10.6 Å². The standard InChI is InChI=1S/C19H15FN4S3/c20-15-8-6-13(7-9-15)10-21-18-23-24-19(27-18)26-12-16-11-25-17(22-16)14-4-2-1-3-5-14/h1-9,11H,10,12H2,(H,21,23). The number of halogens is 1. The van der Waals surface area contributed by atoms with Gasteiger partial charge in [0, 0.05) is 23.2 Å². The van der Waals surface area contributed by atoms with Crippen LogP contribution in [0.4, 0.5) is 9.52 Å². The molecule has 2 aromatic heterocycles. The van der Waals surface area contributed by atoms with E-state index in [1.165, 1.54) is 23.5 Å². The van der Waals surface area contributed by atoms with Gasteiger partial charge in [-0.15, -0.1) is 21.5 Å². The minimum absolute atomic E-state index is 0.231. The van der Waals surface area contributed by atoms with Gasteiger partial charge >= 0.3 is 0 Å². The van der Waals surface area contributed by atoms with Crippen molar-refractivity contribution in [2.45, 2.75) is 16.6 Å². The third-order valence-corrected chi connectivity index (χ3v) is 6.67. The summed E-state index contributed by atoms with van der Waals surface area (Å²) >= 11 is 4.79. The summed E-state index contributed by atoms with van der Waals surface area (Å²) in [6.45, 7) is 0.589. The molecule has 0 aliphatic heterocycles. The summed E-state index contributed by atoms with van der Waals surface area (Å²) < 4.78 is 13.8. The lowest BCUT2D eigenvalue weighted by Crippen LogP contribution is -1.98. The van der Waals surface area contributed by atoms with Crippen LogP contribution in [0.25, 0.3) is 10.6 Å². The first-order chi connectivity index (χ1) is 13.3. The molecular formula is C19H15FN4S3. The minimum atomic E-state index is -0.231. The Morgan fingerprint density at radius 3 is 2.63 bits per heavy atom. The van der Waals surface area contributed by atoms with Crippen LogP contribution in [0.1, 0.15) is 11.3 Å². The van der Waals surface area contributed by atoms with Crippen LogP contribution in [0.2, 0.25) is 0 Å². The fraction of sp³-hybridized carbons (Fsp3) is 0.105. The number of benzene rings is 2. The molecule has 0 saturated carbocycles. The van der Waals surface area contributed by atoms with Crippen LogP contribution in [0, 0.1) is 5.82 Å². The normalized spacial score (nSPS) is 10.9. The summed E-state index contributed by atoms with van der Waals surface area (Å²) in [5.41, 5.74) is 3.18. The Morgan fingerprint density at radius 2 is 1.81 bits per heavy atom. The van der Waals surface area contributed by atoms with Crippen LogP contribution in [0.5, 0.6) is 0 Å². The SMILES string of the molecule is Fc1ccc(CNc2nnc(SCc3csc(-c4ccccc4)n3)s2)cc1. The van der Waals surface area contributed by atoms with Gasteiger partial charge in [0.2, 0.25) is 5.13 Å². The summed E-state index contributed by atoms with van der Waals surface area (Å²) in [5, 5.41) is 15.5. The second kappa shape index (κ2) is 8.60. The molecule has 0 aliphatic carbocycles. The predicted octanol–water partition coefficient (Wildman–Crippen LogP) is 5.71. The maximum atomic E-state index is 12.9. The number of thioether (sulfide) groups is 1. The van der Waals surface area contributed by atoms with Gasteiger partial charge in [0.25, 0.3) is 0 Å². The van der Waals surface area contributed by atoms with Crippen molar-refractivity contribution >= 4 is 39.6 Å². The van der Waals surface area contributed by atoms with E-state index in [1.807, 2.05) is 18.2 Å². The van der Waals surface area contributed by atoms with E-state index in [1.54, 1.807) is 35.2 Å². The van der Waals surface area contributed by atoms with Gasteiger partial charge < -0.3 is 5.32 Å². The second-order valence-electron chi connectivity index (χ2n) is 5.65. The highest BCUT2D eigenvalue weighted by molar-refractivity contribution is 8.00. The third-order valence-electron chi connectivity index (χ3n) is 3.68. The van der Waals surface area contributed by atoms with Gasteiger partial charge in [-0.05, 0) is 17.7 Å². The van der Waals surface area contributed by atoms with Crippen molar-refractivity contribution in [2.24, 2.45) is 0 Å². The van der Waals surface area contributed by atoms with E-state index in [9.17, 15) is 4.39 Å². The van der Waals surface area contributed by atoms with Gasteiger partial charge in [0.05, 0.1) is 5.69 Å². The summed E-state index contributed by atoms with van der Waals surface area (Å²) in [4.78, 5) is 4.69. The number of hydrogen-bond donors (Lipinski definition) is 1. The Balaban J connectivity index is 1.31. The molecule has 0 fully saturated rings. The predicted molar refractivity (Wildman–Crippen MR) is 111 cm³/mol. The lowest BCUT2D eigenvalue weighted by atomic mass is 10.2. The number of thiazole rings is 1. The molecule has 136 valence electrons. The van der Waals surface area contributed by atoms with Crippen molar-refractivity contribution in [1.82, 2.24) is 15.2 Å². The average molecular weight is 415 g/mol. The number of aromatic nitrogens is 3. The Hall–Kier alpha value is -2.29. The molecule has 0 amide bonds. The monoisotopic (exact) mass is 414 g/mol. The fourth-order valence-corrected chi connectivity index (χ4v) is 4.91. The van der Waals surface area contributed by atoms with Gasteiger partial charge in [-0.3, -0.25) is 0 Å². The number of rotatable bonds is 7. The van der Waals surface area contributed by atoms with Crippen molar-refractivity contribution in [3.05, 3.63) is 77.1 Å². The molecule has 0 radical (unpaired) electrons. The Labute approximate surface area is 168 Å². The highest BCUT2D eigenvalue weighted by atomic mass is 32.2. The third kappa shape index (κ3) is 4.91. The summed E-state index contributed by atoms with van der Waals surface area (Å²) in [7, 11) is 0. The fourth-order valence-electron chi connectivity index (χ4n) is 2.34. The molecular weight excluding hydrogens is 399 g/mol. The van der Waals surface area contributed by atoms with Gasteiger partial charge in [-0.1, -0.05) is 65.6 Å². The van der Waals surface area contributed by atoms with Crippen molar-refractivity contribution in [1.29, 1.82) is 0 Å². The maximum Gasteiger partial charge on any atom is 0.206 e. The first-order valence-corrected chi connectivity index (χ1v) is 10.9. The number of anilines is 1. The number of nitrogens with one attached hydrogen (secondary N) is 1. The maximum absolute atomic E-state index is 12.9. The van der Waals surface area contributed by atoms with E-state index in [2.05, 4.69) is 33.0 Å². The molecule has 0 saturated heterocycles. The van der Waals surface area contributed by atoms with E-state index in [4.69, 9.17) is 4.98 Å². The van der Waals surface area contributed by atoms with E-state index in [0.717, 1.165) is 37.1 Å². The van der Waals surface area contributed by atoms with Gasteiger partial charge in [0.1, 0.15) is 10.8 Å². The highest BCUT2D eigenvalue weighted by Gasteiger charge is 2.08.